The van der Waals surface area contributed by atoms with Gasteiger partial charge in [-0.05, 0) is 30.2 Å². The highest BCUT2D eigenvalue weighted by molar-refractivity contribution is 5.65. The molecule has 1 heteroatoms. The van der Waals surface area contributed by atoms with Crippen molar-refractivity contribution in [1.29, 1.82) is 0 Å². The van der Waals surface area contributed by atoms with Gasteiger partial charge in [0.2, 0.25) is 0 Å². The van der Waals surface area contributed by atoms with Gasteiger partial charge in [0.15, 0.2) is 0 Å². The molecule has 0 amide bonds. The summed E-state index contributed by atoms with van der Waals surface area (Å²) < 4.78 is 0. The summed E-state index contributed by atoms with van der Waals surface area (Å²) in [6.45, 7) is 10.1. The van der Waals surface area contributed by atoms with Crippen LogP contribution in [-0.2, 0) is 0 Å². The summed E-state index contributed by atoms with van der Waals surface area (Å²) in [7, 11) is 0. The second-order valence-corrected chi connectivity index (χ2v) is 3.49. The van der Waals surface area contributed by atoms with Crippen molar-refractivity contribution in [3.8, 4) is 11.1 Å². The van der Waals surface area contributed by atoms with E-state index in [1.165, 1.54) is 16.7 Å². The van der Waals surface area contributed by atoms with E-state index in [-0.39, 0.29) is 0 Å². The van der Waals surface area contributed by atoms with Gasteiger partial charge in [-0.3, -0.25) is 0 Å². The van der Waals surface area contributed by atoms with Crippen LogP contribution in [0.25, 0.3) is 11.1 Å². The van der Waals surface area contributed by atoms with E-state index >= 15 is 0 Å². The van der Waals surface area contributed by atoms with Gasteiger partial charge in [-0.15, -0.1) is 0 Å². The van der Waals surface area contributed by atoms with Gasteiger partial charge >= 0.3 is 0 Å². The van der Waals surface area contributed by atoms with Crippen LogP contribution in [0.15, 0.2) is 48.5 Å². The van der Waals surface area contributed by atoms with E-state index in [1.54, 1.807) is 0 Å². The summed E-state index contributed by atoms with van der Waals surface area (Å²) in [5.74, 6) is 0. The third-order valence-corrected chi connectivity index (χ3v) is 2.26. The van der Waals surface area contributed by atoms with Gasteiger partial charge in [-0.2, -0.15) is 0 Å². The van der Waals surface area contributed by atoms with Gasteiger partial charge in [0.25, 0.3) is 0 Å². The maximum atomic E-state index is 5.63. The normalized spacial score (nSPS) is 8.50. The maximum Gasteiger partial charge on any atom is 0.0314 e. The SMILES string of the molecule is CC.CC.Cc1cccc(-c2ccc(N)cc2)c1. The Balaban J connectivity index is 0.000000659. The lowest BCUT2D eigenvalue weighted by Crippen LogP contribution is -1.84. The highest BCUT2D eigenvalue weighted by Crippen LogP contribution is 2.21. The van der Waals surface area contributed by atoms with Crippen LogP contribution in [0.1, 0.15) is 33.3 Å². The fraction of sp³-hybridized carbons (Fsp3) is 0.294. The Morgan fingerprint density at radius 3 is 1.78 bits per heavy atom. The molecule has 2 aromatic rings. The molecule has 0 aromatic heterocycles. The molecule has 0 heterocycles. The van der Waals surface area contributed by atoms with Gasteiger partial charge < -0.3 is 5.73 Å². The molecule has 0 bridgehead atoms. The van der Waals surface area contributed by atoms with E-state index in [2.05, 4.69) is 31.2 Å². The van der Waals surface area contributed by atoms with Crippen LogP contribution >= 0.6 is 0 Å². The summed E-state index contributed by atoms with van der Waals surface area (Å²) >= 11 is 0. The van der Waals surface area contributed by atoms with Crippen molar-refractivity contribution in [3.05, 3.63) is 54.1 Å². The number of benzene rings is 2. The second-order valence-electron chi connectivity index (χ2n) is 3.49. The van der Waals surface area contributed by atoms with Crippen LogP contribution in [0.3, 0.4) is 0 Å². The molecule has 0 unspecified atom stereocenters. The predicted molar refractivity (Wildman–Crippen MR) is 83.7 cm³/mol. The molecule has 0 saturated carbocycles. The van der Waals surface area contributed by atoms with Crippen LogP contribution in [0.2, 0.25) is 0 Å². The van der Waals surface area contributed by atoms with Crippen LogP contribution in [-0.4, -0.2) is 0 Å². The average Bonchev–Trinajstić information content (AvgIpc) is 2.44. The first kappa shape index (κ1) is 16.2. The molecule has 1 nitrogen and oxygen atoms in total. The summed E-state index contributed by atoms with van der Waals surface area (Å²) in [5, 5.41) is 0. The molecule has 0 fully saturated rings. The summed E-state index contributed by atoms with van der Waals surface area (Å²) in [6.07, 6.45) is 0. The molecule has 0 radical (unpaired) electrons. The zero-order valence-electron chi connectivity index (χ0n) is 12.2. The summed E-state index contributed by atoms with van der Waals surface area (Å²) in [6, 6.07) is 16.4. The van der Waals surface area contributed by atoms with Crippen molar-refractivity contribution in [2.24, 2.45) is 0 Å². The molecular weight excluding hydrogens is 218 g/mol. The van der Waals surface area contributed by atoms with Gasteiger partial charge in [0, 0.05) is 5.69 Å². The number of aryl methyl sites for hydroxylation is 1. The number of hydrogen-bond donors (Lipinski definition) is 1. The standard InChI is InChI=1S/C13H13N.2C2H6/c1-10-3-2-4-12(9-10)11-5-7-13(14)8-6-11;2*1-2/h2-9H,14H2,1H3;2*1-2H3. The third-order valence-electron chi connectivity index (χ3n) is 2.26. The van der Waals surface area contributed by atoms with Crippen LogP contribution in [0.4, 0.5) is 5.69 Å². The Kier molecular flexibility index (Phi) is 8.38. The molecule has 0 aliphatic heterocycles. The average molecular weight is 243 g/mol. The predicted octanol–water partition coefficient (Wildman–Crippen LogP) is 5.30. The molecule has 98 valence electrons. The molecule has 0 aliphatic carbocycles. The minimum Gasteiger partial charge on any atom is -0.399 e. The fourth-order valence-corrected chi connectivity index (χ4v) is 1.50. The molecule has 2 aromatic carbocycles. The van der Waals surface area contributed by atoms with Crippen molar-refractivity contribution < 1.29 is 0 Å². The largest absolute Gasteiger partial charge is 0.399 e. The van der Waals surface area contributed by atoms with E-state index in [1.807, 2.05) is 52.0 Å². The quantitative estimate of drug-likeness (QED) is 0.676. The Bertz CT molecular complexity index is 430. The van der Waals surface area contributed by atoms with Crippen molar-refractivity contribution in [2.45, 2.75) is 34.6 Å². The van der Waals surface area contributed by atoms with Crippen LogP contribution in [0.5, 0.6) is 0 Å². The van der Waals surface area contributed by atoms with Crippen molar-refractivity contribution >= 4 is 5.69 Å². The number of hydrogen-bond acceptors (Lipinski definition) is 1. The maximum absolute atomic E-state index is 5.63. The zero-order chi connectivity index (χ0) is 14.0. The van der Waals surface area contributed by atoms with Crippen molar-refractivity contribution in [2.75, 3.05) is 5.73 Å². The molecule has 18 heavy (non-hydrogen) atoms. The van der Waals surface area contributed by atoms with Gasteiger partial charge in [-0.1, -0.05) is 69.7 Å². The van der Waals surface area contributed by atoms with Crippen molar-refractivity contribution in [1.82, 2.24) is 0 Å². The first-order valence-electron chi connectivity index (χ1n) is 6.68. The lowest BCUT2D eigenvalue weighted by Gasteiger charge is -2.02. The Morgan fingerprint density at radius 2 is 1.28 bits per heavy atom. The first-order chi connectivity index (χ1) is 8.75. The lowest BCUT2D eigenvalue weighted by molar-refractivity contribution is 1.47. The number of anilines is 1. The van der Waals surface area contributed by atoms with Crippen LogP contribution < -0.4 is 5.73 Å². The minimum absolute atomic E-state index is 0.807. The first-order valence-corrected chi connectivity index (χ1v) is 6.68. The number of nitrogens with two attached hydrogens (primary N) is 1. The van der Waals surface area contributed by atoms with E-state index < -0.39 is 0 Å². The highest BCUT2D eigenvalue weighted by Gasteiger charge is 1.96. The number of rotatable bonds is 1. The molecule has 0 spiro atoms. The van der Waals surface area contributed by atoms with Gasteiger partial charge in [-0.25, -0.2) is 0 Å². The van der Waals surface area contributed by atoms with E-state index in [0.29, 0.717) is 0 Å². The number of nitrogen functional groups attached to an aromatic ring is 1. The van der Waals surface area contributed by atoms with E-state index in [9.17, 15) is 0 Å². The fourth-order valence-electron chi connectivity index (χ4n) is 1.50. The molecular formula is C17H25N. The lowest BCUT2D eigenvalue weighted by atomic mass is 10.0. The molecule has 0 saturated heterocycles. The minimum atomic E-state index is 0.807. The summed E-state index contributed by atoms with van der Waals surface area (Å²) in [5.41, 5.74) is 10.2. The van der Waals surface area contributed by atoms with Crippen LogP contribution in [0, 0.1) is 6.92 Å². The molecule has 2 rings (SSSR count). The highest BCUT2D eigenvalue weighted by atomic mass is 14.5. The Hall–Kier alpha value is -1.76. The molecule has 0 atom stereocenters. The summed E-state index contributed by atoms with van der Waals surface area (Å²) in [4.78, 5) is 0. The Morgan fingerprint density at radius 1 is 0.722 bits per heavy atom. The second kappa shape index (κ2) is 9.29. The third kappa shape index (κ3) is 5.05. The van der Waals surface area contributed by atoms with Gasteiger partial charge in [0.05, 0.1) is 0 Å². The monoisotopic (exact) mass is 243 g/mol. The van der Waals surface area contributed by atoms with E-state index in [0.717, 1.165) is 5.69 Å². The van der Waals surface area contributed by atoms with E-state index in [4.69, 9.17) is 5.73 Å². The topological polar surface area (TPSA) is 26.0 Å². The van der Waals surface area contributed by atoms with Crippen molar-refractivity contribution in [3.63, 3.8) is 0 Å². The van der Waals surface area contributed by atoms with Gasteiger partial charge in [0.1, 0.15) is 0 Å². The molecule has 2 N–H and O–H groups in total. The smallest absolute Gasteiger partial charge is 0.0314 e. The molecule has 0 aliphatic rings. The Labute approximate surface area is 112 Å². The zero-order valence-corrected chi connectivity index (χ0v) is 12.2.